The molecule has 0 aliphatic rings. The first kappa shape index (κ1) is 20.8. The summed E-state index contributed by atoms with van der Waals surface area (Å²) in [6, 6.07) is 25.4. The maximum Gasteiger partial charge on any atom is 0.219 e. The molecule has 0 fully saturated rings. The van der Waals surface area contributed by atoms with Crippen LogP contribution in [0.4, 0.5) is 0 Å². The minimum atomic E-state index is 0.126. The van der Waals surface area contributed by atoms with E-state index in [1.54, 1.807) is 16.5 Å². The molecule has 0 spiro atoms. The van der Waals surface area contributed by atoms with E-state index >= 15 is 0 Å². The average molecular weight is 436 g/mol. The lowest BCUT2D eigenvalue weighted by molar-refractivity contribution is 0.442. The molecule has 0 radical (unpaired) electrons. The van der Waals surface area contributed by atoms with Crippen molar-refractivity contribution < 1.29 is 10.2 Å². The van der Waals surface area contributed by atoms with E-state index < -0.39 is 0 Å². The van der Waals surface area contributed by atoms with Crippen LogP contribution in [-0.2, 0) is 19.3 Å². The van der Waals surface area contributed by atoms with E-state index in [-0.39, 0.29) is 11.6 Å². The summed E-state index contributed by atoms with van der Waals surface area (Å²) in [5.41, 5.74) is 7.13. The molecule has 2 N–H and O–H groups in total. The highest BCUT2D eigenvalue weighted by Gasteiger charge is 2.18. The monoisotopic (exact) mass is 435 g/mol. The third-order valence-electron chi connectivity index (χ3n) is 5.90. The number of fused-ring (bicyclic) bond motifs is 1. The largest absolute Gasteiger partial charge is 0.508 e. The minimum absolute atomic E-state index is 0.126. The Labute approximate surface area is 192 Å². The van der Waals surface area contributed by atoms with E-state index in [4.69, 9.17) is 9.97 Å². The zero-order valence-corrected chi connectivity index (χ0v) is 18.4. The van der Waals surface area contributed by atoms with E-state index in [2.05, 4.69) is 43.3 Å². The van der Waals surface area contributed by atoms with Crippen LogP contribution in [0.15, 0.2) is 85.1 Å². The van der Waals surface area contributed by atoms with Gasteiger partial charge in [-0.1, -0.05) is 61.5 Å². The van der Waals surface area contributed by atoms with Crippen LogP contribution < -0.4 is 0 Å². The lowest BCUT2D eigenvalue weighted by Crippen LogP contribution is -2.00. The van der Waals surface area contributed by atoms with Crippen LogP contribution in [0.2, 0.25) is 0 Å². The van der Waals surface area contributed by atoms with Crippen molar-refractivity contribution in [2.45, 2.75) is 26.2 Å². The average Bonchev–Trinajstić information content (AvgIpc) is 3.16. The fraction of sp³-hybridized carbons (Fsp3) is 0.143. The zero-order valence-electron chi connectivity index (χ0n) is 18.4. The number of hydrogen-bond acceptors (Lipinski definition) is 4. The molecular weight excluding hydrogens is 410 g/mol. The molecule has 0 aliphatic heterocycles. The second kappa shape index (κ2) is 8.79. The van der Waals surface area contributed by atoms with Crippen molar-refractivity contribution in [2.24, 2.45) is 0 Å². The fourth-order valence-corrected chi connectivity index (χ4v) is 4.03. The van der Waals surface area contributed by atoms with E-state index in [9.17, 15) is 10.2 Å². The Morgan fingerprint density at radius 1 is 0.697 bits per heavy atom. The zero-order chi connectivity index (χ0) is 22.8. The normalized spacial score (nSPS) is 11.2. The molecular formula is C28H25N3O2. The second-order valence-electron chi connectivity index (χ2n) is 8.20. The van der Waals surface area contributed by atoms with Crippen LogP contribution in [-0.4, -0.2) is 24.6 Å². The molecule has 5 nitrogen and oxygen atoms in total. The quantitative estimate of drug-likeness (QED) is 0.367. The number of phenolic OH excluding ortho intramolecular Hbond substituents is 1. The van der Waals surface area contributed by atoms with Crippen molar-refractivity contribution in [1.29, 1.82) is 0 Å². The Bertz CT molecular complexity index is 1390. The van der Waals surface area contributed by atoms with Crippen LogP contribution in [0, 0.1) is 0 Å². The first-order valence-electron chi connectivity index (χ1n) is 11.1. The Kier molecular flexibility index (Phi) is 5.53. The molecule has 5 rings (SSSR count). The minimum Gasteiger partial charge on any atom is -0.508 e. The maximum absolute atomic E-state index is 11.1. The molecule has 0 unspecified atom stereocenters. The number of rotatable bonds is 6. The van der Waals surface area contributed by atoms with Gasteiger partial charge in [-0.05, 0) is 47.4 Å². The molecule has 3 aromatic carbocycles. The Hall–Kier alpha value is -4.12. The van der Waals surface area contributed by atoms with Crippen LogP contribution in [0.25, 0.3) is 16.9 Å². The Morgan fingerprint density at radius 2 is 1.33 bits per heavy atom. The Balaban J connectivity index is 1.61. The van der Waals surface area contributed by atoms with Gasteiger partial charge in [-0.25, -0.2) is 9.97 Å². The first-order valence-corrected chi connectivity index (χ1v) is 11.1. The van der Waals surface area contributed by atoms with Crippen molar-refractivity contribution >= 4 is 5.65 Å². The van der Waals surface area contributed by atoms with Gasteiger partial charge in [-0.3, -0.25) is 4.40 Å². The summed E-state index contributed by atoms with van der Waals surface area (Å²) in [4.78, 5) is 9.71. The van der Waals surface area contributed by atoms with Crippen LogP contribution >= 0.6 is 0 Å². The first-order chi connectivity index (χ1) is 16.1. The predicted molar refractivity (Wildman–Crippen MR) is 130 cm³/mol. The van der Waals surface area contributed by atoms with Crippen LogP contribution in [0.3, 0.4) is 0 Å². The predicted octanol–water partition coefficient (Wildman–Crippen LogP) is 5.55. The number of nitrogens with zero attached hydrogens (tertiary/aromatic N) is 3. The maximum atomic E-state index is 11.1. The number of imidazole rings is 1. The number of benzene rings is 3. The number of aromatic nitrogens is 3. The number of hydrogen-bond donors (Lipinski definition) is 2. The van der Waals surface area contributed by atoms with Gasteiger partial charge in [0.25, 0.3) is 0 Å². The van der Waals surface area contributed by atoms with Crippen molar-refractivity contribution in [3.63, 3.8) is 0 Å². The van der Waals surface area contributed by atoms with Crippen molar-refractivity contribution in [2.75, 3.05) is 0 Å². The summed E-state index contributed by atoms with van der Waals surface area (Å²) in [5.74, 6) is 0.326. The molecule has 164 valence electrons. The standard InChI is InChI=1S/C28H25N3O2/c1-2-19-8-10-21(11-9-19)17-25-28(33)31-18-26(22-12-14-23(32)15-13-22)29-24(27(31)30-25)16-20-6-4-3-5-7-20/h3-15,18,32-33H,2,16-17H2,1H3. The molecule has 0 aliphatic carbocycles. The highest BCUT2D eigenvalue weighted by atomic mass is 16.3. The van der Waals surface area contributed by atoms with Gasteiger partial charge in [0.05, 0.1) is 11.4 Å². The molecule has 0 saturated heterocycles. The molecule has 0 amide bonds. The van der Waals surface area contributed by atoms with Crippen molar-refractivity contribution in [3.05, 3.63) is 113 Å². The summed E-state index contributed by atoms with van der Waals surface area (Å²) in [6.07, 6.45) is 3.94. The summed E-state index contributed by atoms with van der Waals surface area (Å²) in [5, 5.41) is 20.8. The van der Waals surface area contributed by atoms with Crippen LogP contribution in [0.1, 0.15) is 35.0 Å². The lowest BCUT2D eigenvalue weighted by Gasteiger charge is -2.08. The van der Waals surface area contributed by atoms with Gasteiger partial charge in [0, 0.05) is 24.6 Å². The summed E-state index contributed by atoms with van der Waals surface area (Å²) in [7, 11) is 0. The lowest BCUT2D eigenvalue weighted by atomic mass is 10.1. The molecule has 2 aromatic heterocycles. The number of phenols is 1. The van der Waals surface area contributed by atoms with Gasteiger partial charge in [0.2, 0.25) is 5.88 Å². The molecule has 0 saturated carbocycles. The van der Waals surface area contributed by atoms with E-state index in [0.717, 1.165) is 28.8 Å². The summed E-state index contributed by atoms with van der Waals surface area (Å²) in [6.45, 7) is 2.13. The van der Waals surface area contributed by atoms with Gasteiger partial charge in [0.15, 0.2) is 5.65 Å². The highest BCUT2D eigenvalue weighted by Crippen LogP contribution is 2.29. The third kappa shape index (κ3) is 4.30. The van der Waals surface area contributed by atoms with Gasteiger partial charge >= 0.3 is 0 Å². The molecule has 0 atom stereocenters. The third-order valence-corrected chi connectivity index (χ3v) is 5.90. The molecule has 0 bridgehead atoms. The number of aromatic hydroxyl groups is 2. The summed E-state index contributed by atoms with van der Waals surface area (Å²) < 4.78 is 1.73. The van der Waals surface area contributed by atoms with Gasteiger partial charge in [0.1, 0.15) is 11.4 Å². The van der Waals surface area contributed by atoms with Crippen molar-refractivity contribution in [3.8, 4) is 22.9 Å². The Morgan fingerprint density at radius 3 is 2.03 bits per heavy atom. The van der Waals surface area contributed by atoms with E-state index in [0.29, 0.717) is 29.9 Å². The molecule has 33 heavy (non-hydrogen) atoms. The van der Waals surface area contributed by atoms with Crippen LogP contribution in [0.5, 0.6) is 11.6 Å². The fourth-order valence-electron chi connectivity index (χ4n) is 4.03. The molecule has 5 heteroatoms. The number of aryl methyl sites for hydroxylation is 1. The van der Waals surface area contributed by atoms with Crippen molar-refractivity contribution in [1.82, 2.24) is 14.4 Å². The molecule has 5 aromatic rings. The van der Waals surface area contributed by atoms with Gasteiger partial charge < -0.3 is 10.2 Å². The smallest absolute Gasteiger partial charge is 0.219 e. The van der Waals surface area contributed by atoms with E-state index in [1.165, 1.54) is 5.56 Å². The molecule has 2 heterocycles. The second-order valence-corrected chi connectivity index (χ2v) is 8.20. The van der Waals surface area contributed by atoms with Gasteiger partial charge in [-0.2, -0.15) is 0 Å². The summed E-state index contributed by atoms with van der Waals surface area (Å²) >= 11 is 0. The highest BCUT2D eigenvalue weighted by molar-refractivity contribution is 5.64. The van der Waals surface area contributed by atoms with Gasteiger partial charge in [-0.15, -0.1) is 0 Å². The SMILES string of the molecule is CCc1ccc(Cc2nc3c(Cc4ccccc4)nc(-c4ccc(O)cc4)cn3c2O)cc1. The van der Waals surface area contributed by atoms with E-state index in [1.807, 2.05) is 36.5 Å². The topological polar surface area (TPSA) is 70.7 Å².